The number of halogens is 3. The maximum absolute atomic E-state index is 11.2. The maximum atomic E-state index is 11.2. The van der Waals surface area contributed by atoms with Crippen molar-refractivity contribution in [2.75, 3.05) is 0 Å². The van der Waals surface area contributed by atoms with Crippen LogP contribution >= 0.6 is 34.8 Å². The Morgan fingerprint density at radius 1 is 1.14 bits per heavy atom. The summed E-state index contributed by atoms with van der Waals surface area (Å²) in [4.78, 5) is 11.2. The van der Waals surface area contributed by atoms with Gasteiger partial charge in [0.1, 0.15) is 12.2 Å². The molecule has 0 amide bonds. The van der Waals surface area contributed by atoms with Crippen LogP contribution in [0.25, 0.3) is 0 Å². The minimum Gasteiger partial charge on any atom is -0.486 e. The van der Waals surface area contributed by atoms with Gasteiger partial charge in [0.15, 0.2) is 5.75 Å². The Balaban J connectivity index is 2.29. The summed E-state index contributed by atoms with van der Waals surface area (Å²) in [5, 5.41) is 10.1. The highest BCUT2D eigenvalue weighted by Crippen LogP contribution is 2.33. The molecule has 0 heterocycles. The summed E-state index contributed by atoms with van der Waals surface area (Å²) in [6.45, 7) is 2.04. The molecule has 0 radical (unpaired) electrons. The summed E-state index contributed by atoms with van der Waals surface area (Å²) in [5.41, 5.74) is 1.68. The van der Waals surface area contributed by atoms with Gasteiger partial charge in [-0.25, -0.2) is 4.79 Å². The van der Waals surface area contributed by atoms with E-state index in [1.807, 2.05) is 25.1 Å². The van der Waals surface area contributed by atoms with Crippen molar-refractivity contribution in [2.24, 2.45) is 0 Å². The zero-order valence-electron chi connectivity index (χ0n) is 11.0. The van der Waals surface area contributed by atoms with E-state index in [0.717, 1.165) is 11.1 Å². The smallest absolute Gasteiger partial charge is 0.339 e. The van der Waals surface area contributed by atoms with Crippen LogP contribution < -0.4 is 4.74 Å². The van der Waals surface area contributed by atoms with Crippen molar-refractivity contribution in [2.45, 2.75) is 13.5 Å². The van der Waals surface area contributed by atoms with E-state index in [-0.39, 0.29) is 28.0 Å². The molecule has 0 aromatic heterocycles. The fraction of sp³-hybridized carbons (Fsp3) is 0.133. The lowest BCUT2D eigenvalue weighted by atomic mass is 10.1. The lowest BCUT2D eigenvalue weighted by Gasteiger charge is -2.12. The van der Waals surface area contributed by atoms with Crippen LogP contribution in [-0.4, -0.2) is 11.1 Å². The maximum Gasteiger partial charge on any atom is 0.339 e. The number of hydrogen-bond donors (Lipinski definition) is 1. The van der Waals surface area contributed by atoms with Gasteiger partial charge in [0.25, 0.3) is 0 Å². The van der Waals surface area contributed by atoms with Gasteiger partial charge in [0.05, 0.1) is 5.02 Å². The van der Waals surface area contributed by atoms with Gasteiger partial charge in [0.2, 0.25) is 0 Å². The van der Waals surface area contributed by atoms with Crippen molar-refractivity contribution in [1.29, 1.82) is 0 Å². The van der Waals surface area contributed by atoms with Crippen molar-refractivity contribution in [3.8, 4) is 5.75 Å². The van der Waals surface area contributed by atoms with Crippen LogP contribution in [0.3, 0.4) is 0 Å². The van der Waals surface area contributed by atoms with Crippen molar-refractivity contribution in [1.82, 2.24) is 0 Å². The molecule has 0 atom stereocenters. The second-order valence-corrected chi connectivity index (χ2v) is 5.70. The van der Waals surface area contributed by atoms with Gasteiger partial charge >= 0.3 is 5.97 Å². The van der Waals surface area contributed by atoms with Gasteiger partial charge in [0, 0.05) is 15.6 Å². The molecule has 6 heteroatoms. The number of hydrogen-bond acceptors (Lipinski definition) is 2. The lowest BCUT2D eigenvalue weighted by Crippen LogP contribution is -2.04. The molecule has 0 aliphatic heterocycles. The van der Waals surface area contributed by atoms with Crippen LogP contribution in [-0.2, 0) is 6.61 Å². The fourth-order valence-corrected chi connectivity index (χ4v) is 2.62. The van der Waals surface area contributed by atoms with Crippen LogP contribution in [0.2, 0.25) is 15.1 Å². The molecule has 0 aliphatic rings. The Kier molecular flexibility index (Phi) is 4.99. The summed E-state index contributed by atoms with van der Waals surface area (Å²) in [7, 11) is 0. The largest absolute Gasteiger partial charge is 0.486 e. The molecule has 0 aliphatic carbocycles. The standard InChI is InChI=1S/C15H11Cl3O3/c1-8-2-3-9(12(17)4-8)7-21-14-11(15(19)20)5-10(16)6-13(14)18/h2-6H,7H2,1H3,(H,19,20). The molecule has 0 bridgehead atoms. The third-order valence-corrected chi connectivity index (χ3v) is 3.67. The number of carboxylic acid groups (broad SMARTS) is 1. The van der Waals surface area contributed by atoms with Crippen molar-refractivity contribution in [3.05, 3.63) is 62.1 Å². The van der Waals surface area contributed by atoms with Crippen molar-refractivity contribution in [3.63, 3.8) is 0 Å². The number of aryl methyl sites for hydroxylation is 1. The molecule has 0 unspecified atom stereocenters. The molecule has 21 heavy (non-hydrogen) atoms. The molecule has 3 nitrogen and oxygen atoms in total. The van der Waals surface area contributed by atoms with Crippen molar-refractivity contribution >= 4 is 40.8 Å². The van der Waals surface area contributed by atoms with Gasteiger partial charge in [-0.1, -0.05) is 46.9 Å². The number of aromatic carboxylic acids is 1. The van der Waals surface area contributed by atoms with Crippen LogP contribution in [0, 0.1) is 6.92 Å². The predicted octanol–water partition coefficient (Wildman–Crippen LogP) is 5.23. The highest BCUT2D eigenvalue weighted by atomic mass is 35.5. The van der Waals surface area contributed by atoms with Gasteiger partial charge < -0.3 is 9.84 Å². The van der Waals surface area contributed by atoms with E-state index in [9.17, 15) is 9.90 Å². The lowest BCUT2D eigenvalue weighted by molar-refractivity contribution is 0.0692. The number of carbonyl (C=O) groups is 1. The van der Waals surface area contributed by atoms with Crippen LogP contribution in [0.1, 0.15) is 21.5 Å². The van der Waals surface area contributed by atoms with E-state index in [1.54, 1.807) is 0 Å². The third kappa shape index (κ3) is 3.82. The second-order valence-electron chi connectivity index (χ2n) is 4.45. The molecule has 0 fully saturated rings. The molecule has 1 N–H and O–H groups in total. The minimum atomic E-state index is -1.16. The second kappa shape index (κ2) is 6.56. The molecule has 110 valence electrons. The molecule has 0 saturated heterocycles. The Hall–Kier alpha value is -1.42. The quantitative estimate of drug-likeness (QED) is 0.825. The number of carboxylic acids is 1. The first-order valence-corrected chi connectivity index (χ1v) is 7.12. The Bertz CT molecular complexity index is 699. The topological polar surface area (TPSA) is 46.5 Å². The zero-order valence-corrected chi connectivity index (χ0v) is 13.3. The third-order valence-electron chi connectivity index (χ3n) is 2.82. The van der Waals surface area contributed by atoms with E-state index in [1.165, 1.54) is 12.1 Å². The first kappa shape index (κ1) is 16.0. The molecular weight excluding hydrogens is 335 g/mol. The van der Waals surface area contributed by atoms with Crippen molar-refractivity contribution < 1.29 is 14.6 Å². The molecule has 2 aromatic carbocycles. The van der Waals surface area contributed by atoms with E-state index >= 15 is 0 Å². The molecule has 2 rings (SSSR count). The minimum absolute atomic E-state index is 0.0743. The monoisotopic (exact) mass is 344 g/mol. The Morgan fingerprint density at radius 2 is 1.86 bits per heavy atom. The highest BCUT2D eigenvalue weighted by molar-refractivity contribution is 6.36. The highest BCUT2D eigenvalue weighted by Gasteiger charge is 2.17. The normalized spacial score (nSPS) is 10.5. The van der Waals surface area contributed by atoms with Gasteiger partial charge in [-0.2, -0.15) is 0 Å². The van der Waals surface area contributed by atoms with Crippen LogP contribution in [0.15, 0.2) is 30.3 Å². The zero-order chi connectivity index (χ0) is 15.6. The SMILES string of the molecule is Cc1ccc(COc2c(Cl)cc(Cl)cc2C(=O)O)c(Cl)c1. The fourth-order valence-electron chi connectivity index (χ4n) is 1.79. The van der Waals surface area contributed by atoms with Gasteiger partial charge in [-0.15, -0.1) is 0 Å². The van der Waals surface area contributed by atoms with Gasteiger partial charge in [-0.05, 0) is 30.7 Å². The van der Waals surface area contributed by atoms with E-state index in [0.29, 0.717) is 5.02 Å². The van der Waals surface area contributed by atoms with E-state index < -0.39 is 5.97 Å². The predicted molar refractivity (Wildman–Crippen MR) is 83.9 cm³/mol. The Labute approximate surface area is 137 Å². The summed E-state index contributed by atoms with van der Waals surface area (Å²) >= 11 is 17.9. The molecule has 2 aromatic rings. The number of rotatable bonds is 4. The first-order valence-electron chi connectivity index (χ1n) is 5.98. The molecule has 0 saturated carbocycles. The number of benzene rings is 2. The molecular formula is C15H11Cl3O3. The summed E-state index contributed by atoms with van der Waals surface area (Å²) in [6.07, 6.45) is 0. The van der Waals surface area contributed by atoms with Crippen LogP contribution in [0.4, 0.5) is 0 Å². The van der Waals surface area contributed by atoms with Crippen LogP contribution in [0.5, 0.6) is 5.75 Å². The summed E-state index contributed by atoms with van der Waals surface area (Å²) in [6, 6.07) is 8.25. The average Bonchev–Trinajstić information content (AvgIpc) is 2.38. The van der Waals surface area contributed by atoms with Gasteiger partial charge in [-0.3, -0.25) is 0 Å². The Morgan fingerprint density at radius 3 is 2.48 bits per heavy atom. The number of ether oxygens (including phenoxy) is 1. The summed E-state index contributed by atoms with van der Waals surface area (Å²) < 4.78 is 5.54. The average molecular weight is 346 g/mol. The summed E-state index contributed by atoms with van der Waals surface area (Å²) in [5.74, 6) is -1.09. The first-order chi connectivity index (χ1) is 9.88. The van der Waals surface area contributed by atoms with E-state index in [4.69, 9.17) is 39.5 Å². The van der Waals surface area contributed by atoms with E-state index in [2.05, 4.69) is 0 Å². The molecule has 0 spiro atoms.